The number of Topliss-reactive ketones (excluding diaryl/α,β-unsaturated/α-hetero) is 1. The average molecular weight is 666 g/mol. The van der Waals surface area contributed by atoms with Crippen LogP contribution in [0.25, 0.3) is 0 Å². The molecule has 2 heterocycles. The van der Waals surface area contributed by atoms with E-state index in [0.717, 1.165) is 26.0 Å². The first kappa shape index (κ1) is 43.4. The van der Waals surface area contributed by atoms with Gasteiger partial charge in [0.15, 0.2) is 6.29 Å². The predicted molar refractivity (Wildman–Crippen MR) is 179 cm³/mol. The summed E-state index contributed by atoms with van der Waals surface area (Å²) in [4.78, 5) is 48.4. The molecule has 0 aromatic heterocycles. The Labute approximate surface area is 278 Å². The second-order valence-corrected chi connectivity index (χ2v) is 11.4. The number of carboxylic acid groups (broad SMARTS) is 1. The number of ketones is 2. The molecule has 13 nitrogen and oxygen atoms in total. The highest BCUT2D eigenvalue weighted by atomic mass is 16.6. The molecule has 2 bridgehead atoms. The van der Waals surface area contributed by atoms with Gasteiger partial charge in [-0.05, 0) is 51.9 Å². The first-order valence-corrected chi connectivity index (χ1v) is 15.9. The molecule has 6 atom stereocenters. The summed E-state index contributed by atoms with van der Waals surface area (Å²) in [6.45, 7) is 11.6. The molecular formula is C34H55N3O10. The molecule has 0 radical (unpaired) electrons. The van der Waals surface area contributed by atoms with E-state index in [2.05, 4.69) is 22.4 Å². The fourth-order valence-corrected chi connectivity index (χ4v) is 4.99. The van der Waals surface area contributed by atoms with Crippen LogP contribution in [0, 0.1) is 11.8 Å². The molecule has 1 fully saturated rings. The molecule has 0 saturated carbocycles. The number of rotatable bonds is 2. The summed E-state index contributed by atoms with van der Waals surface area (Å²) < 4.78 is 5.18. The third-order valence-electron chi connectivity index (χ3n) is 7.46. The number of primary amides is 1. The number of fused-ring (bicyclic) bond motifs is 2. The third kappa shape index (κ3) is 15.7. The predicted octanol–water partition coefficient (Wildman–Crippen LogP) is 2.75. The number of hydrogen-bond acceptors (Lipinski definition) is 10. The maximum atomic E-state index is 13.6. The van der Waals surface area contributed by atoms with Crippen LogP contribution in [0.2, 0.25) is 0 Å². The van der Waals surface area contributed by atoms with Gasteiger partial charge >= 0.3 is 6.09 Å². The molecular weight excluding hydrogens is 610 g/mol. The molecule has 1 saturated heterocycles. The number of carbonyl (C=O) groups is 4. The van der Waals surface area contributed by atoms with Crippen LogP contribution in [-0.4, -0.2) is 87.4 Å². The van der Waals surface area contributed by atoms with E-state index in [1.54, 1.807) is 19.1 Å². The van der Waals surface area contributed by atoms with Crippen LogP contribution in [0.1, 0.15) is 80.1 Å². The summed E-state index contributed by atoms with van der Waals surface area (Å²) >= 11 is 0. The molecule has 266 valence electrons. The lowest BCUT2D eigenvalue weighted by Gasteiger charge is -2.34. The van der Waals surface area contributed by atoms with Gasteiger partial charge in [0.2, 0.25) is 11.6 Å². The van der Waals surface area contributed by atoms with Crippen LogP contribution in [-0.2, 0) is 19.1 Å². The number of amides is 2. The van der Waals surface area contributed by atoms with Crippen molar-refractivity contribution in [2.24, 2.45) is 17.6 Å². The molecule has 2 amide bonds. The maximum absolute atomic E-state index is 13.6. The van der Waals surface area contributed by atoms with Crippen LogP contribution < -0.4 is 16.4 Å². The monoisotopic (exact) mass is 665 g/mol. The molecule has 3 aliphatic rings. The lowest BCUT2D eigenvalue weighted by molar-refractivity contribution is -0.171. The van der Waals surface area contributed by atoms with Crippen LogP contribution in [0.3, 0.4) is 0 Å². The second kappa shape index (κ2) is 22.8. The molecule has 1 aliphatic carbocycles. The smallest absolute Gasteiger partial charge is 0.402 e. The molecule has 3 rings (SSSR count). The van der Waals surface area contributed by atoms with Crippen molar-refractivity contribution in [1.29, 1.82) is 0 Å². The van der Waals surface area contributed by atoms with Crippen LogP contribution in [0.4, 0.5) is 4.79 Å². The van der Waals surface area contributed by atoms with Gasteiger partial charge in [-0.1, -0.05) is 57.6 Å². The lowest BCUT2D eigenvalue weighted by Crippen LogP contribution is -2.50. The van der Waals surface area contributed by atoms with Crippen LogP contribution in [0.5, 0.6) is 0 Å². The summed E-state index contributed by atoms with van der Waals surface area (Å²) in [6.07, 6.45) is 7.73. The Kier molecular flexibility index (Phi) is 21.1. The van der Waals surface area contributed by atoms with Crippen LogP contribution in [0.15, 0.2) is 58.5 Å². The summed E-state index contributed by atoms with van der Waals surface area (Å²) in [6, 6.07) is -0.792. The van der Waals surface area contributed by atoms with Crippen molar-refractivity contribution in [3.05, 3.63) is 58.5 Å². The first-order chi connectivity index (χ1) is 22.2. The molecule has 0 aromatic carbocycles. The van der Waals surface area contributed by atoms with Crippen LogP contribution >= 0.6 is 0 Å². The summed E-state index contributed by atoms with van der Waals surface area (Å²) in [5.41, 5.74) is 5.70. The molecule has 13 heteroatoms. The first-order valence-electron chi connectivity index (χ1n) is 15.9. The van der Waals surface area contributed by atoms with Gasteiger partial charge in [0, 0.05) is 36.7 Å². The van der Waals surface area contributed by atoms with Gasteiger partial charge in [0.25, 0.3) is 5.91 Å². The molecule has 6 unspecified atom stereocenters. The highest BCUT2D eigenvalue weighted by Gasteiger charge is 2.35. The van der Waals surface area contributed by atoms with Crippen molar-refractivity contribution in [3.63, 3.8) is 0 Å². The minimum Gasteiger partial charge on any atom is -0.465 e. The average Bonchev–Trinajstić information content (AvgIpc) is 3.02. The summed E-state index contributed by atoms with van der Waals surface area (Å²) in [5.74, 6) is -1.59. The summed E-state index contributed by atoms with van der Waals surface area (Å²) in [7, 11) is 1.00. The highest BCUT2D eigenvalue weighted by molar-refractivity contribution is 6.23. The van der Waals surface area contributed by atoms with E-state index in [9.17, 15) is 29.7 Å². The number of hydrogen-bond donors (Lipinski definition) is 8. The highest BCUT2D eigenvalue weighted by Crippen LogP contribution is 2.28. The van der Waals surface area contributed by atoms with Crippen molar-refractivity contribution in [1.82, 2.24) is 10.6 Å². The second-order valence-electron chi connectivity index (χ2n) is 11.4. The van der Waals surface area contributed by atoms with Crippen molar-refractivity contribution in [3.8, 4) is 0 Å². The Morgan fingerprint density at radius 2 is 1.68 bits per heavy atom. The molecule has 2 aliphatic heterocycles. The van der Waals surface area contributed by atoms with E-state index in [1.807, 2.05) is 40.7 Å². The fraction of sp³-hybridized carbons (Fsp3) is 0.588. The quantitative estimate of drug-likeness (QED) is 0.158. The van der Waals surface area contributed by atoms with Crippen molar-refractivity contribution in [2.75, 3.05) is 13.7 Å². The number of nitrogens with two attached hydrogens (primary N) is 1. The van der Waals surface area contributed by atoms with Gasteiger partial charge in [-0.2, -0.15) is 0 Å². The third-order valence-corrected chi connectivity index (χ3v) is 7.46. The SMILES string of the molecule is C/C1=C\C(C)C(O)CCC(C)CC2=C(NC3CC(O)COC3O)C(=O)C=C(NC(=O)/C(C)=C/C=C\CC1)C2=O.CC.CO.NC(=O)O. The molecule has 0 aromatic rings. The van der Waals surface area contributed by atoms with Gasteiger partial charge < -0.3 is 46.6 Å². The minimum absolute atomic E-state index is 0.0250. The number of aliphatic hydroxyl groups excluding tert-OH is 4. The van der Waals surface area contributed by atoms with E-state index >= 15 is 0 Å². The fourth-order valence-electron chi connectivity index (χ4n) is 4.99. The summed E-state index contributed by atoms with van der Waals surface area (Å²) in [5, 5.41) is 50.8. The van der Waals surface area contributed by atoms with Crippen molar-refractivity contribution in [2.45, 2.75) is 105 Å². The maximum Gasteiger partial charge on any atom is 0.402 e. The van der Waals surface area contributed by atoms with Gasteiger partial charge in [0.1, 0.15) is 0 Å². The Bertz CT molecular complexity index is 1200. The Balaban J connectivity index is 0.00000241. The van der Waals surface area contributed by atoms with E-state index in [-0.39, 0.29) is 48.3 Å². The molecule has 47 heavy (non-hydrogen) atoms. The zero-order chi connectivity index (χ0) is 36.3. The van der Waals surface area contributed by atoms with Gasteiger partial charge in [-0.15, -0.1) is 0 Å². The van der Waals surface area contributed by atoms with E-state index < -0.39 is 48.1 Å². The zero-order valence-electron chi connectivity index (χ0n) is 28.7. The van der Waals surface area contributed by atoms with Crippen molar-refractivity contribution < 1.29 is 49.4 Å². The van der Waals surface area contributed by atoms with E-state index in [4.69, 9.17) is 19.7 Å². The standard InChI is InChI=1S/C30H42N2O7.C2H6.CH3NO2.CH4O/c1-17-8-6-5-7-9-19(3)29(37)32-23-15-26(35)27(31-24-14-21(33)16-39-30(24)38)22(28(23)36)13-18(2)10-11-25(34)20(4)12-17;1-2;2-1(3)4;1-2/h5,7,9,12,15,18,20-21,24-25,30-31,33-34,38H,6,8,10-11,13-14,16H2,1-4H3,(H,32,37);1-2H3;2H2,(H,3,4);2H,1H3/b7-5-,17-12+,19-9+;;;. The number of allylic oxidation sites excluding steroid dienone is 6. The molecule has 0 spiro atoms. The zero-order valence-corrected chi connectivity index (χ0v) is 28.7. The Morgan fingerprint density at radius 3 is 2.30 bits per heavy atom. The lowest BCUT2D eigenvalue weighted by atomic mass is 9.86. The topological polar surface area (TPSA) is 229 Å². The number of ether oxygens (including phenoxy) is 1. The van der Waals surface area contributed by atoms with Gasteiger partial charge in [-0.3, -0.25) is 14.4 Å². The number of aliphatic hydroxyl groups is 4. The normalized spacial score (nSPS) is 30.4. The van der Waals surface area contributed by atoms with E-state index in [1.165, 1.54) is 5.57 Å². The van der Waals surface area contributed by atoms with E-state index in [0.29, 0.717) is 18.4 Å². The Morgan fingerprint density at radius 1 is 1.06 bits per heavy atom. The largest absolute Gasteiger partial charge is 0.465 e. The molecule has 9 N–H and O–H groups in total. The van der Waals surface area contributed by atoms with Gasteiger partial charge in [0.05, 0.1) is 36.3 Å². The van der Waals surface area contributed by atoms with Crippen molar-refractivity contribution >= 4 is 23.6 Å². The Hall–Kier alpha value is -3.62. The number of nitrogens with one attached hydrogen (secondary N) is 2. The van der Waals surface area contributed by atoms with Gasteiger partial charge in [-0.25, -0.2) is 4.79 Å². The number of carbonyl (C=O) groups excluding carboxylic acids is 3. The minimum atomic E-state index is -1.33.